The van der Waals surface area contributed by atoms with E-state index in [-0.39, 0.29) is 0 Å². The largest absolute Gasteiger partial charge is 0.333 e. The van der Waals surface area contributed by atoms with Gasteiger partial charge in [0.15, 0.2) is 0 Å². The van der Waals surface area contributed by atoms with Gasteiger partial charge in [-0.2, -0.15) is 0 Å². The van der Waals surface area contributed by atoms with Crippen LogP contribution >= 0.6 is 11.6 Å². The SMILES string of the molecule is O=c1[nH]c2cc(-c3ccccc3Cl)ccc2c(=O)n1-c1cccnc1. The van der Waals surface area contributed by atoms with E-state index in [4.69, 9.17) is 11.6 Å². The van der Waals surface area contributed by atoms with E-state index in [2.05, 4.69) is 9.97 Å². The molecule has 2 aromatic carbocycles. The number of hydrogen-bond acceptors (Lipinski definition) is 3. The lowest BCUT2D eigenvalue weighted by Gasteiger charge is -2.08. The highest BCUT2D eigenvalue weighted by Gasteiger charge is 2.11. The number of halogens is 1. The van der Waals surface area contributed by atoms with Crippen molar-refractivity contribution in [3.8, 4) is 16.8 Å². The van der Waals surface area contributed by atoms with Crippen molar-refractivity contribution >= 4 is 22.5 Å². The normalized spacial score (nSPS) is 10.9. The summed E-state index contributed by atoms with van der Waals surface area (Å²) in [7, 11) is 0. The van der Waals surface area contributed by atoms with Gasteiger partial charge in [0.2, 0.25) is 0 Å². The zero-order chi connectivity index (χ0) is 17.4. The Morgan fingerprint density at radius 1 is 1.00 bits per heavy atom. The van der Waals surface area contributed by atoms with Crippen LogP contribution in [0, 0.1) is 0 Å². The van der Waals surface area contributed by atoms with Crippen molar-refractivity contribution in [2.24, 2.45) is 0 Å². The van der Waals surface area contributed by atoms with E-state index in [1.54, 1.807) is 36.5 Å². The zero-order valence-electron chi connectivity index (χ0n) is 12.9. The summed E-state index contributed by atoms with van der Waals surface area (Å²) >= 11 is 6.23. The predicted molar refractivity (Wildman–Crippen MR) is 98.4 cm³/mol. The topological polar surface area (TPSA) is 67.8 Å². The molecule has 1 N–H and O–H groups in total. The first-order valence-corrected chi connectivity index (χ1v) is 7.97. The van der Waals surface area contributed by atoms with Gasteiger partial charge in [0, 0.05) is 16.8 Å². The first-order chi connectivity index (χ1) is 12.1. The molecule has 4 rings (SSSR count). The summed E-state index contributed by atoms with van der Waals surface area (Å²) in [6, 6.07) is 16.0. The van der Waals surface area contributed by atoms with E-state index >= 15 is 0 Å². The van der Waals surface area contributed by atoms with E-state index in [1.165, 1.54) is 6.20 Å². The van der Waals surface area contributed by atoms with Crippen LogP contribution in [-0.4, -0.2) is 14.5 Å². The van der Waals surface area contributed by atoms with Crippen LogP contribution in [0.4, 0.5) is 0 Å². The Hall–Kier alpha value is -3.18. The molecule has 0 fully saturated rings. The van der Waals surface area contributed by atoms with E-state index in [0.29, 0.717) is 21.6 Å². The molecule has 2 heterocycles. The number of nitrogens with one attached hydrogen (secondary N) is 1. The molecule has 0 unspecified atom stereocenters. The fraction of sp³-hybridized carbons (Fsp3) is 0. The summed E-state index contributed by atoms with van der Waals surface area (Å²) in [4.78, 5) is 31.9. The second-order valence-electron chi connectivity index (χ2n) is 5.52. The predicted octanol–water partition coefficient (Wildman–Crippen LogP) is 3.39. The Bertz CT molecular complexity index is 1200. The highest BCUT2D eigenvalue weighted by Crippen LogP contribution is 2.28. The van der Waals surface area contributed by atoms with Crippen molar-refractivity contribution in [3.05, 3.63) is 92.9 Å². The molecule has 0 atom stereocenters. The third kappa shape index (κ3) is 2.64. The zero-order valence-corrected chi connectivity index (χ0v) is 13.7. The van der Waals surface area contributed by atoms with Gasteiger partial charge in [0.25, 0.3) is 5.56 Å². The molecule has 6 heteroatoms. The van der Waals surface area contributed by atoms with Crippen LogP contribution < -0.4 is 11.2 Å². The van der Waals surface area contributed by atoms with Gasteiger partial charge in [-0.05, 0) is 35.9 Å². The maximum atomic E-state index is 12.8. The van der Waals surface area contributed by atoms with Gasteiger partial charge in [-0.1, -0.05) is 35.9 Å². The molecule has 0 aliphatic heterocycles. The van der Waals surface area contributed by atoms with Crippen LogP contribution in [-0.2, 0) is 0 Å². The summed E-state index contributed by atoms with van der Waals surface area (Å²) in [5.74, 6) is 0. The van der Waals surface area contributed by atoms with Crippen LogP contribution in [0.5, 0.6) is 0 Å². The fourth-order valence-electron chi connectivity index (χ4n) is 2.80. The van der Waals surface area contributed by atoms with E-state index in [0.717, 1.165) is 15.7 Å². The molecular formula is C19H12ClN3O2. The Labute approximate surface area is 147 Å². The molecule has 5 nitrogen and oxygen atoms in total. The standard InChI is InChI=1S/C19H12ClN3O2/c20-16-6-2-1-5-14(16)12-7-8-15-17(10-12)22-19(25)23(18(15)24)13-4-3-9-21-11-13/h1-11H,(H,22,25). The first-order valence-electron chi connectivity index (χ1n) is 7.59. The van der Waals surface area contributed by atoms with Crippen molar-refractivity contribution in [1.29, 1.82) is 0 Å². The smallest absolute Gasteiger partial charge is 0.306 e. The first kappa shape index (κ1) is 15.4. The lowest BCUT2D eigenvalue weighted by molar-refractivity contribution is 0.895. The Morgan fingerprint density at radius 3 is 2.60 bits per heavy atom. The lowest BCUT2D eigenvalue weighted by atomic mass is 10.0. The van der Waals surface area contributed by atoms with Gasteiger partial charge >= 0.3 is 5.69 Å². The number of rotatable bonds is 2. The fourth-order valence-corrected chi connectivity index (χ4v) is 3.05. The number of nitrogens with zero attached hydrogens (tertiary/aromatic N) is 2. The molecule has 4 aromatic rings. The molecule has 0 spiro atoms. The molecule has 0 aliphatic carbocycles. The third-order valence-corrected chi connectivity index (χ3v) is 4.32. The maximum absolute atomic E-state index is 12.8. The molecule has 2 aromatic heterocycles. The van der Waals surface area contributed by atoms with Crippen molar-refractivity contribution in [2.45, 2.75) is 0 Å². The van der Waals surface area contributed by atoms with E-state index in [9.17, 15) is 9.59 Å². The number of fused-ring (bicyclic) bond motifs is 1. The maximum Gasteiger partial charge on any atom is 0.333 e. The quantitative estimate of drug-likeness (QED) is 0.603. The Balaban J connectivity index is 1.96. The molecule has 0 saturated heterocycles. The van der Waals surface area contributed by atoms with Gasteiger partial charge in [-0.3, -0.25) is 9.78 Å². The minimum Gasteiger partial charge on any atom is -0.306 e. The van der Waals surface area contributed by atoms with Crippen LogP contribution in [0.15, 0.2) is 76.6 Å². The number of H-pyrrole nitrogens is 1. The number of aromatic nitrogens is 3. The van der Waals surface area contributed by atoms with E-state index < -0.39 is 11.2 Å². The third-order valence-electron chi connectivity index (χ3n) is 3.99. The van der Waals surface area contributed by atoms with Crippen molar-refractivity contribution < 1.29 is 0 Å². The second-order valence-corrected chi connectivity index (χ2v) is 5.93. The van der Waals surface area contributed by atoms with Gasteiger partial charge < -0.3 is 4.98 Å². The molecular weight excluding hydrogens is 338 g/mol. The van der Waals surface area contributed by atoms with Crippen LogP contribution in [0.1, 0.15) is 0 Å². The number of pyridine rings is 1. The summed E-state index contributed by atoms with van der Waals surface area (Å²) in [5, 5.41) is 1.02. The summed E-state index contributed by atoms with van der Waals surface area (Å²) in [6.45, 7) is 0. The summed E-state index contributed by atoms with van der Waals surface area (Å²) < 4.78 is 1.07. The molecule has 0 amide bonds. The van der Waals surface area contributed by atoms with Crippen LogP contribution in [0.2, 0.25) is 5.02 Å². The molecule has 25 heavy (non-hydrogen) atoms. The van der Waals surface area contributed by atoms with Gasteiger partial charge in [0.05, 0.1) is 22.8 Å². The molecule has 122 valence electrons. The number of hydrogen-bond donors (Lipinski definition) is 1. The second kappa shape index (κ2) is 6.03. The Morgan fingerprint density at radius 2 is 1.84 bits per heavy atom. The van der Waals surface area contributed by atoms with E-state index in [1.807, 2.05) is 24.3 Å². The van der Waals surface area contributed by atoms with Crippen LogP contribution in [0.3, 0.4) is 0 Å². The minimum absolute atomic E-state index is 0.391. The summed E-state index contributed by atoms with van der Waals surface area (Å²) in [6.07, 6.45) is 3.06. The summed E-state index contributed by atoms with van der Waals surface area (Å²) in [5.41, 5.74) is 1.65. The highest BCUT2D eigenvalue weighted by molar-refractivity contribution is 6.33. The average molecular weight is 350 g/mol. The highest BCUT2D eigenvalue weighted by atomic mass is 35.5. The molecule has 0 aliphatic rings. The molecule has 0 radical (unpaired) electrons. The van der Waals surface area contributed by atoms with Gasteiger partial charge in [0.1, 0.15) is 0 Å². The van der Waals surface area contributed by atoms with Crippen molar-refractivity contribution in [2.75, 3.05) is 0 Å². The number of aromatic amines is 1. The van der Waals surface area contributed by atoms with Crippen LogP contribution in [0.25, 0.3) is 27.7 Å². The van der Waals surface area contributed by atoms with Gasteiger partial charge in [-0.25, -0.2) is 9.36 Å². The average Bonchev–Trinajstić information content (AvgIpc) is 2.62. The minimum atomic E-state index is -0.512. The van der Waals surface area contributed by atoms with Gasteiger partial charge in [-0.15, -0.1) is 0 Å². The lowest BCUT2D eigenvalue weighted by Crippen LogP contribution is -2.33. The number of benzene rings is 2. The van der Waals surface area contributed by atoms with Crippen molar-refractivity contribution in [1.82, 2.24) is 14.5 Å². The molecule has 0 saturated carbocycles. The Kier molecular flexibility index (Phi) is 3.71. The molecule has 0 bridgehead atoms. The van der Waals surface area contributed by atoms with Crippen molar-refractivity contribution in [3.63, 3.8) is 0 Å². The monoisotopic (exact) mass is 349 g/mol.